The summed E-state index contributed by atoms with van der Waals surface area (Å²) in [5.41, 5.74) is 1.10. The molecule has 0 aromatic carbocycles. The molecule has 0 radical (unpaired) electrons. The van der Waals surface area contributed by atoms with Crippen LogP contribution in [0.3, 0.4) is 0 Å². The Labute approximate surface area is 87.9 Å². The van der Waals surface area contributed by atoms with Crippen molar-refractivity contribution in [3.63, 3.8) is 0 Å². The normalized spacial score (nSPS) is 9.13. The number of anilines is 1. The fraction of sp³-hybridized carbons (Fsp3) is 0.300. The second kappa shape index (κ2) is 4.96. The van der Waals surface area contributed by atoms with Crippen LogP contribution in [0.2, 0.25) is 0 Å². The zero-order valence-electron chi connectivity index (χ0n) is 8.60. The first-order chi connectivity index (χ1) is 7.19. The van der Waals surface area contributed by atoms with Crippen LogP contribution in [0.5, 0.6) is 0 Å². The average Bonchev–Trinajstić information content (AvgIpc) is 2.28. The monoisotopic (exact) mass is 205 g/mol. The molecule has 5 heteroatoms. The molecule has 1 aromatic heterocycles. The van der Waals surface area contributed by atoms with Crippen LogP contribution in [0.4, 0.5) is 5.69 Å². The first kappa shape index (κ1) is 11.0. The van der Waals surface area contributed by atoms with Gasteiger partial charge in [0.25, 0.3) is 0 Å². The minimum Gasteiger partial charge on any atom is -0.468 e. The molecular weight excluding hydrogens is 194 g/mol. The van der Waals surface area contributed by atoms with Gasteiger partial charge in [-0.2, -0.15) is 5.26 Å². The number of methoxy groups -OCH3 is 1. The lowest BCUT2D eigenvalue weighted by Gasteiger charge is -2.17. The number of aromatic nitrogens is 1. The molecule has 1 heterocycles. The third-order valence-electron chi connectivity index (χ3n) is 1.93. The number of nitrogens with zero attached hydrogens (tertiary/aromatic N) is 3. The molecule has 0 saturated heterocycles. The molecule has 0 bridgehead atoms. The van der Waals surface area contributed by atoms with Gasteiger partial charge in [-0.1, -0.05) is 0 Å². The van der Waals surface area contributed by atoms with E-state index in [1.807, 2.05) is 6.07 Å². The van der Waals surface area contributed by atoms with Crippen LogP contribution in [0.1, 0.15) is 5.56 Å². The molecule has 0 aliphatic heterocycles. The zero-order chi connectivity index (χ0) is 11.3. The molecule has 5 nitrogen and oxygen atoms in total. The molecule has 0 aliphatic rings. The Morgan fingerprint density at radius 3 is 3.07 bits per heavy atom. The Hall–Kier alpha value is -2.09. The second-order valence-electron chi connectivity index (χ2n) is 2.94. The number of carbonyl (C=O) groups excluding carboxylic acids is 1. The summed E-state index contributed by atoms with van der Waals surface area (Å²) in [7, 11) is 3.03. The fourth-order valence-electron chi connectivity index (χ4n) is 1.13. The van der Waals surface area contributed by atoms with Crippen LogP contribution in [-0.4, -0.2) is 31.7 Å². The molecule has 0 unspecified atom stereocenters. The summed E-state index contributed by atoms with van der Waals surface area (Å²) in [5.74, 6) is -0.356. The predicted molar refractivity (Wildman–Crippen MR) is 54.2 cm³/mol. The van der Waals surface area contributed by atoms with E-state index < -0.39 is 0 Å². The zero-order valence-corrected chi connectivity index (χ0v) is 8.60. The van der Waals surface area contributed by atoms with E-state index in [1.54, 1.807) is 24.2 Å². The molecule has 0 atom stereocenters. The van der Waals surface area contributed by atoms with E-state index in [0.29, 0.717) is 11.3 Å². The molecule has 0 amide bonds. The fourth-order valence-corrected chi connectivity index (χ4v) is 1.13. The summed E-state index contributed by atoms with van der Waals surface area (Å²) in [6.07, 6.45) is 3.08. The molecule has 15 heavy (non-hydrogen) atoms. The van der Waals surface area contributed by atoms with E-state index in [1.165, 1.54) is 13.3 Å². The van der Waals surface area contributed by atoms with E-state index in [2.05, 4.69) is 9.72 Å². The van der Waals surface area contributed by atoms with Crippen LogP contribution < -0.4 is 4.90 Å². The maximum atomic E-state index is 11.0. The molecule has 0 fully saturated rings. The molecule has 0 aliphatic carbocycles. The Balaban J connectivity index is 2.87. The van der Waals surface area contributed by atoms with E-state index in [0.717, 1.165) is 0 Å². The Bertz CT molecular complexity index is 398. The molecule has 0 spiro atoms. The van der Waals surface area contributed by atoms with Crippen molar-refractivity contribution in [2.75, 3.05) is 25.6 Å². The number of ether oxygens (including phenoxy) is 1. The average molecular weight is 205 g/mol. The minimum absolute atomic E-state index is 0.0941. The number of hydrogen-bond donors (Lipinski definition) is 0. The summed E-state index contributed by atoms with van der Waals surface area (Å²) in [6, 6.07) is 3.63. The van der Waals surface area contributed by atoms with Crippen molar-refractivity contribution >= 4 is 11.7 Å². The molecule has 78 valence electrons. The van der Waals surface area contributed by atoms with Crippen molar-refractivity contribution in [1.82, 2.24) is 4.98 Å². The van der Waals surface area contributed by atoms with Gasteiger partial charge < -0.3 is 9.64 Å². The smallest absolute Gasteiger partial charge is 0.325 e. The second-order valence-corrected chi connectivity index (χ2v) is 2.94. The summed E-state index contributed by atoms with van der Waals surface area (Å²) in [4.78, 5) is 16.6. The van der Waals surface area contributed by atoms with Crippen molar-refractivity contribution in [2.45, 2.75) is 0 Å². The maximum absolute atomic E-state index is 11.0. The number of rotatable bonds is 3. The van der Waals surface area contributed by atoms with Crippen LogP contribution in [-0.2, 0) is 9.53 Å². The lowest BCUT2D eigenvalue weighted by atomic mass is 10.2. The number of likely N-dealkylation sites (N-methyl/N-ethyl adjacent to an activating group) is 1. The first-order valence-electron chi connectivity index (χ1n) is 4.31. The lowest BCUT2D eigenvalue weighted by molar-refractivity contribution is -0.138. The third-order valence-corrected chi connectivity index (χ3v) is 1.93. The highest BCUT2D eigenvalue weighted by atomic mass is 16.5. The number of carbonyl (C=O) groups is 1. The first-order valence-corrected chi connectivity index (χ1v) is 4.31. The van der Waals surface area contributed by atoms with Crippen LogP contribution in [0.15, 0.2) is 18.5 Å². The molecular formula is C10H11N3O2. The highest BCUT2D eigenvalue weighted by Gasteiger charge is 2.10. The standard InChI is InChI=1S/C10H11N3O2/c1-13(7-10(14)15-2)9-6-12-4-3-8(9)5-11/h3-4,6H,7H2,1-2H3. The SMILES string of the molecule is COC(=O)CN(C)c1cnccc1C#N. The Kier molecular flexibility index (Phi) is 3.63. The van der Waals surface area contributed by atoms with Gasteiger partial charge in [-0.25, -0.2) is 0 Å². The van der Waals surface area contributed by atoms with Crippen LogP contribution >= 0.6 is 0 Å². The number of pyridine rings is 1. The van der Waals surface area contributed by atoms with Crippen molar-refractivity contribution < 1.29 is 9.53 Å². The number of hydrogen-bond acceptors (Lipinski definition) is 5. The predicted octanol–water partition coefficient (Wildman–Crippen LogP) is 0.562. The number of esters is 1. The van der Waals surface area contributed by atoms with Gasteiger partial charge in [0, 0.05) is 13.2 Å². The van der Waals surface area contributed by atoms with E-state index in [4.69, 9.17) is 5.26 Å². The van der Waals surface area contributed by atoms with Crippen molar-refractivity contribution in [3.8, 4) is 6.07 Å². The van der Waals surface area contributed by atoms with Gasteiger partial charge in [0.15, 0.2) is 0 Å². The highest BCUT2D eigenvalue weighted by molar-refractivity contribution is 5.76. The Morgan fingerprint density at radius 2 is 2.47 bits per heavy atom. The summed E-state index contributed by atoms with van der Waals surface area (Å²) < 4.78 is 4.53. The van der Waals surface area contributed by atoms with Gasteiger partial charge in [-0.15, -0.1) is 0 Å². The van der Waals surface area contributed by atoms with Gasteiger partial charge >= 0.3 is 5.97 Å². The van der Waals surface area contributed by atoms with Gasteiger partial charge in [0.05, 0.1) is 24.6 Å². The molecule has 0 N–H and O–H groups in total. The number of nitriles is 1. The third kappa shape index (κ3) is 2.68. The van der Waals surface area contributed by atoms with Gasteiger partial charge in [-0.3, -0.25) is 9.78 Å². The Morgan fingerprint density at radius 1 is 1.73 bits per heavy atom. The lowest BCUT2D eigenvalue weighted by Crippen LogP contribution is -2.27. The van der Waals surface area contributed by atoms with Gasteiger partial charge in [0.2, 0.25) is 0 Å². The largest absolute Gasteiger partial charge is 0.468 e. The molecule has 0 saturated carbocycles. The van der Waals surface area contributed by atoms with Gasteiger partial charge in [-0.05, 0) is 6.07 Å². The summed E-state index contributed by atoms with van der Waals surface area (Å²) >= 11 is 0. The topological polar surface area (TPSA) is 66.2 Å². The van der Waals surface area contributed by atoms with Crippen LogP contribution in [0.25, 0.3) is 0 Å². The van der Waals surface area contributed by atoms with E-state index in [9.17, 15) is 4.79 Å². The highest BCUT2D eigenvalue weighted by Crippen LogP contribution is 2.15. The molecule has 1 aromatic rings. The van der Waals surface area contributed by atoms with Crippen molar-refractivity contribution in [2.24, 2.45) is 0 Å². The minimum atomic E-state index is -0.356. The van der Waals surface area contributed by atoms with E-state index >= 15 is 0 Å². The maximum Gasteiger partial charge on any atom is 0.325 e. The van der Waals surface area contributed by atoms with Gasteiger partial charge in [0.1, 0.15) is 12.6 Å². The van der Waals surface area contributed by atoms with Crippen LogP contribution in [0, 0.1) is 11.3 Å². The molecule has 1 rings (SSSR count). The summed E-state index contributed by atoms with van der Waals surface area (Å²) in [5, 5.41) is 8.84. The van der Waals surface area contributed by atoms with E-state index in [-0.39, 0.29) is 12.5 Å². The quantitative estimate of drug-likeness (QED) is 0.674. The van der Waals surface area contributed by atoms with Crippen molar-refractivity contribution in [3.05, 3.63) is 24.0 Å². The van der Waals surface area contributed by atoms with Crippen molar-refractivity contribution in [1.29, 1.82) is 5.26 Å². The summed E-state index contributed by atoms with van der Waals surface area (Å²) in [6.45, 7) is 0.0941.